The van der Waals surface area contributed by atoms with Gasteiger partial charge in [-0.2, -0.15) is 0 Å². The molecule has 2 nitrogen and oxygen atoms in total. The van der Waals surface area contributed by atoms with Crippen LogP contribution in [-0.4, -0.2) is 10.8 Å². The Labute approximate surface area is 96.5 Å². The summed E-state index contributed by atoms with van der Waals surface area (Å²) in [5.41, 5.74) is 0.689. The van der Waals surface area contributed by atoms with Crippen LogP contribution in [0.15, 0.2) is 36.7 Å². The van der Waals surface area contributed by atoms with E-state index < -0.39 is 0 Å². The van der Waals surface area contributed by atoms with Gasteiger partial charge in [0.2, 0.25) is 0 Å². The number of ketones is 1. The van der Waals surface area contributed by atoms with E-state index in [1.165, 1.54) is 11.3 Å². The molecule has 4 heteroatoms. The van der Waals surface area contributed by atoms with Crippen LogP contribution >= 0.6 is 22.9 Å². The van der Waals surface area contributed by atoms with Crippen molar-refractivity contribution in [1.82, 2.24) is 4.98 Å². The predicted molar refractivity (Wildman–Crippen MR) is 61.6 cm³/mol. The van der Waals surface area contributed by atoms with E-state index in [0.29, 0.717) is 16.3 Å². The average molecular weight is 238 g/mol. The van der Waals surface area contributed by atoms with Crippen LogP contribution < -0.4 is 0 Å². The molecule has 2 aromatic rings. The maximum atomic E-state index is 11.8. The van der Waals surface area contributed by atoms with E-state index in [1.807, 2.05) is 6.07 Å². The SMILES string of the molecule is O=C(Cc1ccc(Cl)s1)c1ccncc1. The van der Waals surface area contributed by atoms with Crippen molar-refractivity contribution in [2.24, 2.45) is 0 Å². The first-order valence-corrected chi connectivity index (χ1v) is 5.62. The zero-order valence-electron chi connectivity index (χ0n) is 7.81. The quantitative estimate of drug-likeness (QED) is 0.768. The molecule has 0 saturated carbocycles. The molecule has 0 aromatic carbocycles. The monoisotopic (exact) mass is 237 g/mol. The summed E-state index contributed by atoms with van der Waals surface area (Å²) in [5.74, 6) is 0.0934. The molecule has 0 fully saturated rings. The Balaban J connectivity index is 2.11. The van der Waals surface area contributed by atoms with Crippen molar-refractivity contribution in [2.45, 2.75) is 6.42 Å². The van der Waals surface area contributed by atoms with E-state index >= 15 is 0 Å². The summed E-state index contributed by atoms with van der Waals surface area (Å²) in [7, 11) is 0. The maximum absolute atomic E-state index is 11.8. The van der Waals surface area contributed by atoms with E-state index in [1.54, 1.807) is 30.6 Å². The summed E-state index contributed by atoms with van der Waals surface area (Å²) >= 11 is 7.23. The highest BCUT2D eigenvalue weighted by molar-refractivity contribution is 7.16. The number of pyridine rings is 1. The topological polar surface area (TPSA) is 30.0 Å². The molecule has 0 atom stereocenters. The van der Waals surface area contributed by atoms with Crippen molar-refractivity contribution < 1.29 is 4.79 Å². The van der Waals surface area contributed by atoms with Gasteiger partial charge in [-0.15, -0.1) is 11.3 Å². The van der Waals surface area contributed by atoms with Crippen LogP contribution in [0.25, 0.3) is 0 Å². The second-order valence-corrected chi connectivity index (χ2v) is 4.84. The summed E-state index contributed by atoms with van der Waals surface area (Å²) in [5, 5.41) is 0. The van der Waals surface area contributed by atoms with Crippen LogP contribution in [0.5, 0.6) is 0 Å². The van der Waals surface area contributed by atoms with E-state index in [-0.39, 0.29) is 5.78 Å². The van der Waals surface area contributed by atoms with Gasteiger partial charge < -0.3 is 0 Å². The Kier molecular flexibility index (Phi) is 3.14. The highest BCUT2D eigenvalue weighted by Crippen LogP contribution is 2.22. The number of hydrogen-bond donors (Lipinski definition) is 0. The summed E-state index contributed by atoms with van der Waals surface area (Å²) < 4.78 is 0.715. The smallest absolute Gasteiger partial charge is 0.168 e. The molecule has 2 rings (SSSR count). The highest BCUT2D eigenvalue weighted by atomic mass is 35.5. The standard InChI is InChI=1S/C11H8ClNOS/c12-11-2-1-9(15-11)7-10(14)8-3-5-13-6-4-8/h1-6H,7H2. The van der Waals surface area contributed by atoms with Crippen LogP contribution in [0, 0.1) is 0 Å². The number of Topliss-reactive ketones (excluding diaryl/α,β-unsaturated/α-hetero) is 1. The molecule has 15 heavy (non-hydrogen) atoms. The zero-order valence-corrected chi connectivity index (χ0v) is 9.39. The Hall–Kier alpha value is -1.19. The Morgan fingerprint density at radius 3 is 2.60 bits per heavy atom. The van der Waals surface area contributed by atoms with Gasteiger partial charge in [-0.25, -0.2) is 0 Å². The van der Waals surface area contributed by atoms with Gasteiger partial charge in [-0.3, -0.25) is 9.78 Å². The van der Waals surface area contributed by atoms with Gasteiger partial charge in [0.15, 0.2) is 5.78 Å². The lowest BCUT2D eigenvalue weighted by molar-refractivity contribution is 0.0993. The number of rotatable bonds is 3. The second kappa shape index (κ2) is 4.55. The van der Waals surface area contributed by atoms with E-state index in [9.17, 15) is 4.79 Å². The molecular formula is C11H8ClNOS. The summed E-state index contributed by atoms with van der Waals surface area (Å²) in [6.07, 6.45) is 3.64. The molecule has 0 radical (unpaired) electrons. The average Bonchev–Trinajstić information content (AvgIpc) is 2.65. The van der Waals surface area contributed by atoms with Crippen LogP contribution in [0.3, 0.4) is 0 Å². The Morgan fingerprint density at radius 2 is 2.00 bits per heavy atom. The fourth-order valence-corrected chi connectivity index (χ4v) is 2.33. The van der Waals surface area contributed by atoms with Crippen LogP contribution in [0.2, 0.25) is 4.34 Å². The highest BCUT2D eigenvalue weighted by Gasteiger charge is 2.07. The van der Waals surface area contributed by atoms with Gasteiger partial charge in [0.1, 0.15) is 0 Å². The van der Waals surface area contributed by atoms with Crippen LogP contribution in [0.1, 0.15) is 15.2 Å². The molecule has 0 N–H and O–H groups in total. The molecule has 0 aliphatic heterocycles. The van der Waals surface area contributed by atoms with E-state index in [4.69, 9.17) is 11.6 Å². The lowest BCUT2D eigenvalue weighted by Crippen LogP contribution is -2.01. The Bertz CT molecular complexity index is 466. The summed E-state index contributed by atoms with van der Waals surface area (Å²) in [6, 6.07) is 7.13. The molecule has 0 bridgehead atoms. The zero-order chi connectivity index (χ0) is 10.7. The lowest BCUT2D eigenvalue weighted by atomic mass is 10.1. The third-order valence-electron chi connectivity index (χ3n) is 1.97. The van der Waals surface area contributed by atoms with E-state index in [2.05, 4.69) is 4.98 Å². The number of hydrogen-bond acceptors (Lipinski definition) is 3. The molecular weight excluding hydrogens is 230 g/mol. The molecule has 2 aromatic heterocycles. The molecule has 76 valence electrons. The third-order valence-corrected chi connectivity index (χ3v) is 3.20. The number of carbonyl (C=O) groups excluding carboxylic acids is 1. The van der Waals surface area contributed by atoms with Crippen molar-refractivity contribution in [3.8, 4) is 0 Å². The molecule has 0 amide bonds. The van der Waals surface area contributed by atoms with Gasteiger partial charge in [0.05, 0.1) is 4.34 Å². The molecule has 0 aliphatic rings. The van der Waals surface area contributed by atoms with Gasteiger partial charge >= 0.3 is 0 Å². The minimum absolute atomic E-state index is 0.0934. The minimum atomic E-state index is 0.0934. The van der Waals surface area contributed by atoms with Gasteiger partial charge in [-0.1, -0.05) is 11.6 Å². The van der Waals surface area contributed by atoms with Gasteiger partial charge in [0, 0.05) is 29.3 Å². The van der Waals surface area contributed by atoms with Crippen molar-refractivity contribution in [3.05, 3.63) is 51.4 Å². The Morgan fingerprint density at radius 1 is 1.27 bits per heavy atom. The number of halogens is 1. The molecule has 0 spiro atoms. The third kappa shape index (κ3) is 2.64. The summed E-state index contributed by atoms with van der Waals surface area (Å²) in [6.45, 7) is 0. The minimum Gasteiger partial charge on any atom is -0.294 e. The van der Waals surface area contributed by atoms with E-state index in [0.717, 1.165) is 4.88 Å². The predicted octanol–water partition coefficient (Wildman–Crippen LogP) is 3.22. The first-order valence-electron chi connectivity index (χ1n) is 4.43. The normalized spacial score (nSPS) is 10.2. The molecule has 0 unspecified atom stereocenters. The van der Waals surface area contributed by atoms with Crippen molar-refractivity contribution in [3.63, 3.8) is 0 Å². The molecule has 2 heterocycles. The molecule has 0 saturated heterocycles. The summed E-state index contributed by atoms with van der Waals surface area (Å²) in [4.78, 5) is 16.6. The first-order chi connectivity index (χ1) is 7.25. The maximum Gasteiger partial charge on any atom is 0.168 e. The van der Waals surface area contributed by atoms with Crippen molar-refractivity contribution in [1.29, 1.82) is 0 Å². The number of aromatic nitrogens is 1. The van der Waals surface area contributed by atoms with Gasteiger partial charge in [0.25, 0.3) is 0 Å². The molecule has 0 aliphatic carbocycles. The van der Waals surface area contributed by atoms with Gasteiger partial charge in [-0.05, 0) is 24.3 Å². The van der Waals surface area contributed by atoms with Crippen LogP contribution in [0.4, 0.5) is 0 Å². The first kappa shape index (κ1) is 10.3. The van der Waals surface area contributed by atoms with Crippen molar-refractivity contribution >= 4 is 28.7 Å². The largest absolute Gasteiger partial charge is 0.294 e. The van der Waals surface area contributed by atoms with Crippen LogP contribution in [-0.2, 0) is 6.42 Å². The fourth-order valence-electron chi connectivity index (χ4n) is 1.24. The fraction of sp³-hybridized carbons (Fsp3) is 0.0909. The number of carbonyl (C=O) groups is 1. The lowest BCUT2D eigenvalue weighted by Gasteiger charge is -1.97. The number of thiophene rings is 1. The number of nitrogens with zero attached hydrogens (tertiary/aromatic N) is 1. The second-order valence-electron chi connectivity index (χ2n) is 3.04. The van der Waals surface area contributed by atoms with Crippen molar-refractivity contribution in [2.75, 3.05) is 0 Å².